The van der Waals surface area contributed by atoms with Gasteiger partial charge in [-0.25, -0.2) is 0 Å². The molecule has 128 valence electrons. The highest BCUT2D eigenvalue weighted by Crippen LogP contribution is 2.33. The zero-order valence-electron chi connectivity index (χ0n) is 14.0. The largest absolute Gasteiger partial charge is 0.322 e. The Morgan fingerprint density at radius 3 is 2.76 bits per heavy atom. The van der Waals surface area contributed by atoms with E-state index in [1.54, 1.807) is 11.0 Å². The number of nitrogens with one attached hydrogen (secondary N) is 1. The van der Waals surface area contributed by atoms with Crippen molar-refractivity contribution in [2.75, 3.05) is 0 Å². The number of rotatable bonds is 3. The van der Waals surface area contributed by atoms with E-state index in [1.165, 1.54) is 19.3 Å². The Kier molecular flexibility index (Phi) is 4.04. The molecule has 1 saturated heterocycles. The summed E-state index contributed by atoms with van der Waals surface area (Å²) in [5.41, 5.74) is 2.45. The second-order valence-electron chi connectivity index (χ2n) is 7.06. The molecule has 5 nitrogen and oxygen atoms in total. The normalized spacial score (nSPS) is 22.3. The monoisotopic (exact) mass is 336 g/mol. The smallest absolute Gasteiger partial charge is 0.255 e. The summed E-state index contributed by atoms with van der Waals surface area (Å²) in [5.74, 6) is 6.49. The van der Waals surface area contributed by atoms with Crippen LogP contribution in [0.15, 0.2) is 18.2 Å². The summed E-state index contributed by atoms with van der Waals surface area (Å²) >= 11 is 0. The van der Waals surface area contributed by atoms with Crippen LogP contribution in [0, 0.1) is 17.8 Å². The molecule has 0 radical (unpaired) electrons. The minimum atomic E-state index is -0.564. The second-order valence-corrected chi connectivity index (χ2v) is 7.06. The van der Waals surface area contributed by atoms with Crippen molar-refractivity contribution in [2.24, 2.45) is 5.92 Å². The lowest BCUT2D eigenvalue weighted by Gasteiger charge is -2.29. The number of imide groups is 1. The third kappa shape index (κ3) is 3.30. The van der Waals surface area contributed by atoms with Crippen molar-refractivity contribution >= 4 is 17.7 Å². The van der Waals surface area contributed by atoms with Crippen LogP contribution in [0.2, 0.25) is 0 Å². The van der Waals surface area contributed by atoms with Gasteiger partial charge in [-0.15, -0.1) is 0 Å². The predicted molar refractivity (Wildman–Crippen MR) is 91.3 cm³/mol. The average Bonchev–Trinajstić information content (AvgIpc) is 3.36. The molecular weight excluding hydrogens is 316 g/mol. The summed E-state index contributed by atoms with van der Waals surface area (Å²) in [6, 6.07) is 5.05. The van der Waals surface area contributed by atoms with Gasteiger partial charge in [-0.2, -0.15) is 0 Å². The van der Waals surface area contributed by atoms with Gasteiger partial charge < -0.3 is 4.90 Å². The van der Waals surface area contributed by atoms with E-state index in [9.17, 15) is 14.4 Å². The molecule has 1 atom stereocenters. The zero-order valence-corrected chi connectivity index (χ0v) is 14.0. The van der Waals surface area contributed by atoms with Crippen LogP contribution >= 0.6 is 0 Å². The molecule has 1 aliphatic carbocycles. The van der Waals surface area contributed by atoms with Crippen molar-refractivity contribution in [3.63, 3.8) is 0 Å². The van der Waals surface area contributed by atoms with E-state index >= 15 is 0 Å². The number of amides is 3. The van der Waals surface area contributed by atoms with Crippen LogP contribution in [0.25, 0.3) is 0 Å². The number of carbonyl (C=O) groups is 3. The third-order valence-electron chi connectivity index (χ3n) is 5.13. The molecule has 3 aliphatic rings. The van der Waals surface area contributed by atoms with Crippen molar-refractivity contribution in [3.8, 4) is 11.8 Å². The highest BCUT2D eigenvalue weighted by atomic mass is 16.2. The Hall–Kier alpha value is -2.61. The van der Waals surface area contributed by atoms with Gasteiger partial charge in [0.05, 0.1) is 0 Å². The Labute approximate surface area is 146 Å². The molecule has 1 aromatic rings. The number of hydrogen-bond donors (Lipinski definition) is 1. The second kappa shape index (κ2) is 6.36. The molecule has 0 aromatic heterocycles. The standard InChI is InChI=1S/C20H20N2O3/c23-18-10-9-17(19(24)21-18)22-12-15-11-14(7-8-16(15)20(22)25)4-2-1-3-13-5-6-13/h7-8,11,13,17H,1,3,5-6,9-10,12H2,(H,21,23,24). The summed E-state index contributed by atoms with van der Waals surface area (Å²) in [6.07, 6.45) is 5.45. The number of hydrogen-bond acceptors (Lipinski definition) is 3. The Balaban J connectivity index is 1.47. The molecule has 0 spiro atoms. The van der Waals surface area contributed by atoms with Crippen LogP contribution in [-0.4, -0.2) is 28.7 Å². The summed E-state index contributed by atoms with van der Waals surface area (Å²) in [6.45, 7) is 0.401. The molecule has 1 N–H and O–H groups in total. The number of carbonyl (C=O) groups excluding carboxylic acids is 3. The van der Waals surface area contributed by atoms with E-state index < -0.39 is 6.04 Å². The quantitative estimate of drug-likeness (QED) is 0.678. The number of fused-ring (bicyclic) bond motifs is 1. The molecule has 1 unspecified atom stereocenters. The molecule has 1 aromatic carbocycles. The third-order valence-corrected chi connectivity index (χ3v) is 5.13. The topological polar surface area (TPSA) is 66.5 Å². The maximum atomic E-state index is 12.6. The lowest BCUT2D eigenvalue weighted by Crippen LogP contribution is -2.52. The maximum Gasteiger partial charge on any atom is 0.255 e. The summed E-state index contributed by atoms with van der Waals surface area (Å²) in [5, 5.41) is 2.32. The van der Waals surface area contributed by atoms with Crippen LogP contribution in [-0.2, 0) is 16.1 Å². The number of benzene rings is 1. The van der Waals surface area contributed by atoms with Crippen molar-refractivity contribution in [3.05, 3.63) is 34.9 Å². The van der Waals surface area contributed by atoms with Gasteiger partial charge in [0.2, 0.25) is 11.8 Å². The minimum Gasteiger partial charge on any atom is -0.322 e. The van der Waals surface area contributed by atoms with Gasteiger partial charge in [0, 0.05) is 30.5 Å². The van der Waals surface area contributed by atoms with E-state index in [1.807, 2.05) is 12.1 Å². The fourth-order valence-corrected chi connectivity index (χ4v) is 3.50. The van der Waals surface area contributed by atoms with Crippen molar-refractivity contribution < 1.29 is 14.4 Å². The van der Waals surface area contributed by atoms with E-state index in [4.69, 9.17) is 0 Å². The Morgan fingerprint density at radius 1 is 1.16 bits per heavy atom. The van der Waals surface area contributed by atoms with Gasteiger partial charge in [-0.1, -0.05) is 24.7 Å². The van der Waals surface area contributed by atoms with Crippen LogP contribution in [0.3, 0.4) is 0 Å². The lowest BCUT2D eigenvalue weighted by molar-refractivity contribution is -0.136. The van der Waals surface area contributed by atoms with Crippen LogP contribution in [0.4, 0.5) is 0 Å². The van der Waals surface area contributed by atoms with Crippen molar-refractivity contribution in [1.29, 1.82) is 0 Å². The van der Waals surface area contributed by atoms with Crippen molar-refractivity contribution in [2.45, 2.75) is 51.1 Å². The van der Waals surface area contributed by atoms with Crippen LogP contribution < -0.4 is 5.32 Å². The molecular formula is C20H20N2O3. The fourth-order valence-electron chi connectivity index (χ4n) is 3.50. The van der Waals surface area contributed by atoms with Crippen LogP contribution in [0.5, 0.6) is 0 Å². The lowest BCUT2D eigenvalue weighted by atomic mass is 10.0. The first kappa shape index (κ1) is 15.9. The van der Waals surface area contributed by atoms with Crippen LogP contribution in [0.1, 0.15) is 60.0 Å². The Morgan fingerprint density at radius 2 is 2.00 bits per heavy atom. The van der Waals surface area contributed by atoms with Gasteiger partial charge in [0.1, 0.15) is 6.04 Å². The molecule has 4 rings (SSSR count). The molecule has 2 aliphatic heterocycles. The molecule has 0 bridgehead atoms. The first-order valence-electron chi connectivity index (χ1n) is 8.88. The maximum absolute atomic E-state index is 12.6. The highest BCUT2D eigenvalue weighted by Gasteiger charge is 2.38. The molecule has 25 heavy (non-hydrogen) atoms. The number of nitrogens with zero attached hydrogens (tertiary/aromatic N) is 1. The van der Waals surface area contributed by atoms with Gasteiger partial charge in [0.15, 0.2) is 0 Å². The SMILES string of the molecule is O=C1CCC(N2Cc3cc(C#CCCC4CC4)ccc3C2=O)C(=O)N1. The number of piperidine rings is 1. The van der Waals surface area contributed by atoms with Gasteiger partial charge in [0.25, 0.3) is 5.91 Å². The van der Waals surface area contributed by atoms with E-state index in [0.29, 0.717) is 18.5 Å². The van der Waals surface area contributed by atoms with Crippen molar-refractivity contribution in [1.82, 2.24) is 10.2 Å². The molecule has 2 heterocycles. The highest BCUT2D eigenvalue weighted by molar-refractivity contribution is 6.05. The van der Waals surface area contributed by atoms with Gasteiger partial charge >= 0.3 is 0 Å². The summed E-state index contributed by atoms with van der Waals surface area (Å²) in [4.78, 5) is 37.5. The Bertz CT molecular complexity index is 814. The summed E-state index contributed by atoms with van der Waals surface area (Å²) < 4.78 is 0. The first-order valence-corrected chi connectivity index (χ1v) is 8.88. The van der Waals surface area contributed by atoms with E-state index in [0.717, 1.165) is 23.5 Å². The first-order chi connectivity index (χ1) is 12.1. The van der Waals surface area contributed by atoms with E-state index in [2.05, 4.69) is 17.2 Å². The average molecular weight is 336 g/mol. The predicted octanol–water partition coefficient (Wildman–Crippen LogP) is 1.99. The van der Waals surface area contributed by atoms with E-state index in [-0.39, 0.29) is 24.1 Å². The molecule has 2 fully saturated rings. The van der Waals surface area contributed by atoms with Gasteiger partial charge in [-0.3, -0.25) is 19.7 Å². The minimum absolute atomic E-state index is 0.141. The molecule has 3 amide bonds. The molecule has 5 heteroatoms. The zero-order chi connectivity index (χ0) is 17.4. The molecule has 1 saturated carbocycles. The van der Waals surface area contributed by atoms with Gasteiger partial charge in [-0.05, 0) is 42.5 Å². The fraction of sp³-hybridized carbons (Fsp3) is 0.450. The summed E-state index contributed by atoms with van der Waals surface area (Å²) in [7, 11) is 0.